The zero-order chi connectivity index (χ0) is 10.7. The highest BCUT2D eigenvalue weighted by Crippen LogP contribution is 2.29. The molecule has 1 aliphatic rings. The molecule has 1 amide bonds. The molecule has 0 aliphatic heterocycles. The number of carbonyl (C=O) groups is 1. The summed E-state index contributed by atoms with van der Waals surface area (Å²) in [5.41, 5.74) is 0.575. The summed E-state index contributed by atoms with van der Waals surface area (Å²) in [5.74, 6) is 3.13. The van der Waals surface area contributed by atoms with Crippen LogP contribution in [-0.2, 0) is 0 Å². The fraction of sp³-hybridized carbons (Fsp3) is 0.455. The Morgan fingerprint density at radius 2 is 2.53 bits per heavy atom. The lowest BCUT2D eigenvalue weighted by molar-refractivity contribution is 0.0770. The summed E-state index contributed by atoms with van der Waals surface area (Å²) < 4.78 is 0. The van der Waals surface area contributed by atoms with Crippen LogP contribution in [-0.4, -0.2) is 34.1 Å². The number of hydrogen-bond acceptors (Lipinski definition) is 2. The summed E-state index contributed by atoms with van der Waals surface area (Å²) in [4.78, 5) is 13.6. The van der Waals surface area contributed by atoms with E-state index < -0.39 is 0 Å². The van der Waals surface area contributed by atoms with E-state index in [4.69, 9.17) is 6.42 Å². The van der Waals surface area contributed by atoms with E-state index in [1.54, 1.807) is 11.1 Å². The van der Waals surface area contributed by atoms with E-state index in [-0.39, 0.29) is 5.91 Å². The van der Waals surface area contributed by atoms with Gasteiger partial charge in [0.2, 0.25) is 0 Å². The Kier molecular flexibility index (Phi) is 2.72. The molecule has 1 aromatic rings. The SMILES string of the molecule is C#CCN(CC1CC1)C(=O)c1cn[nH]c1. The molecule has 1 aliphatic carbocycles. The van der Waals surface area contributed by atoms with Crippen LogP contribution in [0.2, 0.25) is 0 Å². The molecule has 0 atom stereocenters. The summed E-state index contributed by atoms with van der Waals surface area (Å²) in [6.07, 6.45) is 10.8. The summed E-state index contributed by atoms with van der Waals surface area (Å²) in [7, 11) is 0. The Bertz CT molecular complexity index is 373. The van der Waals surface area contributed by atoms with Gasteiger partial charge in [0.1, 0.15) is 0 Å². The van der Waals surface area contributed by atoms with Crippen LogP contribution in [0, 0.1) is 18.3 Å². The van der Waals surface area contributed by atoms with Crippen LogP contribution in [0.5, 0.6) is 0 Å². The third-order valence-corrected chi connectivity index (χ3v) is 2.49. The molecule has 0 radical (unpaired) electrons. The second-order valence-corrected chi connectivity index (χ2v) is 3.82. The molecule has 0 aromatic carbocycles. The van der Waals surface area contributed by atoms with Gasteiger partial charge >= 0.3 is 0 Å². The molecule has 1 fully saturated rings. The van der Waals surface area contributed by atoms with E-state index in [1.165, 1.54) is 19.0 Å². The maximum atomic E-state index is 11.9. The maximum Gasteiger partial charge on any atom is 0.257 e. The molecule has 78 valence electrons. The van der Waals surface area contributed by atoms with Gasteiger partial charge < -0.3 is 4.90 Å². The van der Waals surface area contributed by atoms with E-state index >= 15 is 0 Å². The van der Waals surface area contributed by atoms with Crippen LogP contribution in [0.4, 0.5) is 0 Å². The molecule has 0 unspecified atom stereocenters. The first kappa shape index (κ1) is 9.78. The highest BCUT2D eigenvalue weighted by molar-refractivity contribution is 5.93. The van der Waals surface area contributed by atoms with Crippen molar-refractivity contribution in [3.05, 3.63) is 18.0 Å². The van der Waals surface area contributed by atoms with Gasteiger partial charge in [0.15, 0.2) is 0 Å². The zero-order valence-corrected chi connectivity index (χ0v) is 8.44. The Labute approximate surface area is 88.7 Å². The lowest BCUT2D eigenvalue weighted by Gasteiger charge is -2.18. The molecule has 4 heteroatoms. The van der Waals surface area contributed by atoms with Crippen molar-refractivity contribution >= 4 is 5.91 Å². The smallest absolute Gasteiger partial charge is 0.257 e. The van der Waals surface area contributed by atoms with Crippen molar-refractivity contribution < 1.29 is 4.79 Å². The average Bonchev–Trinajstić information content (AvgIpc) is 2.88. The third-order valence-electron chi connectivity index (χ3n) is 2.49. The van der Waals surface area contributed by atoms with Gasteiger partial charge in [-0.15, -0.1) is 6.42 Å². The first-order valence-corrected chi connectivity index (χ1v) is 5.02. The molecule has 0 spiro atoms. The Hall–Kier alpha value is -1.76. The minimum absolute atomic E-state index is 0.0337. The van der Waals surface area contributed by atoms with Gasteiger partial charge in [0.25, 0.3) is 5.91 Å². The predicted molar refractivity (Wildman–Crippen MR) is 56.0 cm³/mol. The monoisotopic (exact) mass is 203 g/mol. The first-order chi connectivity index (χ1) is 7.31. The van der Waals surface area contributed by atoms with Crippen molar-refractivity contribution in [2.45, 2.75) is 12.8 Å². The van der Waals surface area contributed by atoms with Gasteiger partial charge in [-0.3, -0.25) is 9.89 Å². The first-order valence-electron chi connectivity index (χ1n) is 5.02. The number of hydrogen-bond donors (Lipinski definition) is 1. The Morgan fingerprint density at radius 3 is 3.07 bits per heavy atom. The largest absolute Gasteiger partial charge is 0.327 e. The topological polar surface area (TPSA) is 49.0 Å². The number of nitrogens with one attached hydrogen (secondary N) is 1. The summed E-state index contributed by atoms with van der Waals surface area (Å²) in [6, 6.07) is 0. The van der Waals surface area contributed by atoms with Crippen LogP contribution in [0.1, 0.15) is 23.2 Å². The van der Waals surface area contributed by atoms with Crippen molar-refractivity contribution in [1.29, 1.82) is 0 Å². The lowest BCUT2D eigenvalue weighted by Crippen LogP contribution is -2.33. The van der Waals surface area contributed by atoms with Crippen molar-refractivity contribution in [2.75, 3.05) is 13.1 Å². The van der Waals surface area contributed by atoms with E-state index in [2.05, 4.69) is 16.1 Å². The summed E-state index contributed by atoms with van der Waals surface area (Å²) in [5, 5.41) is 6.38. The number of nitrogens with zero attached hydrogens (tertiary/aromatic N) is 2. The predicted octanol–water partition coefficient (Wildman–Crippen LogP) is 0.895. The summed E-state index contributed by atoms with van der Waals surface area (Å²) in [6.45, 7) is 1.15. The van der Waals surface area contributed by atoms with Crippen molar-refractivity contribution in [3.63, 3.8) is 0 Å². The van der Waals surface area contributed by atoms with Gasteiger partial charge in [0, 0.05) is 12.7 Å². The van der Waals surface area contributed by atoms with E-state index in [1.807, 2.05) is 0 Å². The normalized spacial score (nSPS) is 14.6. The molecule has 1 N–H and O–H groups in total. The highest BCUT2D eigenvalue weighted by Gasteiger charge is 2.27. The minimum atomic E-state index is -0.0337. The Balaban J connectivity index is 2.03. The van der Waals surface area contributed by atoms with Gasteiger partial charge in [-0.1, -0.05) is 5.92 Å². The summed E-state index contributed by atoms with van der Waals surface area (Å²) >= 11 is 0. The molecule has 0 bridgehead atoms. The fourth-order valence-corrected chi connectivity index (χ4v) is 1.49. The fourth-order valence-electron chi connectivity index (χ4n) is 1.49. The number of aromatic amines is 1. The van der Waals surface area contributed by atoms with E-state index in [0.717, 1.165) is 6.54 Å². The number of aromatic nitrogens is 2. The van der Waals surface area contributed by atoms with Gasteiger partial charge in [0.05, 0.1) is 18.3 Å². The van der Waals surface area contributed by atoms with Gasteiger partial charge in [-0.25, -0.2) is 0 Å². The van der Waals surface area contributed by atoms with Crippen LogP contribution in [0.3, 0.4) is 0 Å². The van der Waals surface area contributed by atoms with E-state index in [9.17, 15) is 4.79 Å². The van der Waals surface area contributed by atoms with Crippen LogP contribution in [0.15, 0.2) is 12.4 Å². The number of terminal acetylenes is 1. The number of rotatable bonds is 4. The molecular weight excluding hydrogens is 190 g/mol. The quantitative estimate of drug-likeness (QED) is 0.739. The van der Waals surface area contributed by atoms with E-state index in [0.29, 0.717) is 18.0 Å². The molecule has 1 aromatic heterocycles. The number of carbonyl (C=O) groups excluding carboxylic acids is 1. The second-order valence-electron chi connectivity index (χ2n) is 3.82. The standard InChI is InChI=1S/C11H13N3O/c1-2-5-14(8-9-3-4-9)11(15)10-6-12-13-7-10/h1,6-7,9H,3-5,8H2,(H,12,13). The van der Waals surface area contributed by atoms with Crippen LogP contribution in [0.25, 0.3) is 0 Å². The maximum absolute atomic E-state index is 11.9. The molecule has 4 nitrogen and oxygen atoms in total. The van der Waals surface area contributed by atoms with Crippen molar-refractivity contribution in [3.8, 4) is 12.3 Å². The molecule has 1 heterocycles. The molecule has 2 rings (SSSR count). The molecule has 1 saturated carbocycles. The van der Waals surface area contributed by atoms with Crippen molar-refractivity contribution in [1.82, 2.24) is 15.1 Å². The number of amides is 1. The minimum Gasteiger partial charge on any atom is -0.327 e. The van der Waals surface area contributed by atoms with Crippen LogP contribution >= 0.6 is 0 Å². The average molecular weight is 203 g/mol. The Morgan fingerprint density at radius 1 is 1.73 bits per heavy atom. The lowest BCUT2D eigenvalue weighted by atomic mass is 10.2. The second kappa shape index (κ2) is 4.18. The molecular formula is C11H13N3O. The van der Waals surface area contributed by atoms with Crippen LogP contribution < -0.4 is 0 Å². The third kappa shape index (κ3) is 2.38. The molecule has 15 heavy (non-hydrogen) atoms. The van der Waals surface area contributed by atoms with Crippen molar-refractivity contribution in [2.24, 2.45) is 5.92 Å². The number of H-pyrrole nitrogens is 1. The van der Waals surface area contributed by atoms with Gasteiger partial charge in [-0.2, -0.15) is 5.10 Å². The highest BCUT2D eigenvalue weighted by atomic mass is 16.2. The van der Waals surface area contributed by atoms with Gasteiger partial charge in [-0.05, 0) is 18.8 Å². The molecule has 0 saturated heterocycles. The zero-order valence-electron chi connectivity index (χ0n) is 8.44.